The number of carbonyl (C=O) groups excluding carboxylic acids is 3. The van der Waals surface area contributed by atoms with Crippen LogP contribution in [0.5, 0.6) is 0 Å². The van der Waals surface area contributed by atoms with Crippen LogP contribution in [0, 0.1) is 17.8 Å². The van der Waals surface area contributed by atoms with E-state index in [4.69, 9.17) is 9.47 Å². The summed E-state index contributed by atoms with van der Waals surface area (Å²) in [4.78, 5) is 40.9. The average Bonchev–Trinajstić information content (AvgIpc) is 2.75. The number of esters is 1. The highest BCUT2D eigenvalue weighted by Crippen LogP contribution is 2.25. The molecule has 200 valence electrons. The number of carbonyl (C=O) groups is 3. The van der Waals surface area contributed by atoms with Gasteiger partial charge in [-0.15, -0.1) is 0 Å². The summed E-state index contributed by atoms with van der Waals surface area (Å²) < 4.78 is 11.4. The van der Waals surface area contributed by atoms with Crippen molar-refractivity contribution in [3.8, 4) is 0 Å². The largest absolute Gasteiger partial charge is 0.460 e. The topological polar surface area (TPSA) is 97.0 Å². The Bertz CT molecular complexity index is 650. The minimum Gasteiger partial charge on any atom is -0.460 e. The van der Waals surface area contributed by atoms with Crippen LogP contribution in [-0.4, -0.2) is 73.7 Å². The molecule has 0 rings (SSSR count). The molecule has 0 aromatic rings. The first-order valence-corrected chi connectivity index (χ1v) is 12.7. The second-order valence-electron chi connectivity index (χ2n) is 10.6. The predicted molar refractivity (Wildman–Crippen MR) is 136 cm³/mol. The number of amides is 2. The third kappa shape index (κ3) is 9.53. The van der Waals surface area contributed by atoms with E-state index in [1.807, 2.05) is 62.3 Å². The van der Waals surface area contributed by atoms with Crippen LogP contribution in [0.3, 0.4) is 0 Å². The Hall–Kier alpha value is -1.67. The van der Waals surface area contributed by atoms with Crippen LogP contribution in [0.25, 0.3) is 0 Å². The van der Waals surface area contributed by atoms with Gasteiger partial charge in [-0.3, -0.25) is 14.4 Å². The Morgan fingerprint density at radius 1 is 0.971 bits per heavy atom. The highest BCUT2D eigenvalue weighted by Gasteiger charge is 2.39. The van der Waals surface area contributed by atoms with Gasteiger partial charge in [0.15, 0.2) is 0 Å². The SMILES string of the molecule is CCC(C)[C@@H]([C@@H](CC(=O)OC(C)(C)CC)OC)N(C)C(=O)[C@@H](NC(=O)[C@@H](NC)C(C)C)C(C)C. The lowest BCUT2D eigenvalue weighted by Crippen LogP contribution is -2.59. The van der Waals surface area contributed by atoms with Gasteiger partial charge in [-0.25, -0.2) is 0 Å². The van der Waals surface area contributed by atoms with Crippen molar-refractivity contribution in [3.05, 3.63) is 0 Å². The van der Waals surface area contributed by atoms with Crippen molar-refractivity contribution in [2.45, 2.75) is 111 Å². The van der Waals surface area contributed by atoms with E-state index in [-0.39, 0.29) is 48.0 Å². The maximum absolute atomic E-state index is 13.7. The highest BCUT2D eigenvalue weighted by molar-refractivity contribution is 5.90. The van der Waals surface area contributed by atoms with Gasteiger partial charge in [-0.05, 0) is 45.1 Å². The van der Waals surface area contributed by atoms with Crippen LogP contribution in [0.4, 0.5) is 0 Å². The Labute approximate surface area is 207 Å². The Balaban J connectivity index is 5.85. The standard InChI is InChI=1S/C26H51N3O5/c1-13-18(7)23(19(33-12)15-20(30)34-26(8,9)14-2)29(11)25(32)22(17(5)6)28-24(31)21(27-10)16(3)4/h16-19,21-23,27H,13-15H2,1-12H3,(H,28,31)/t18?,19-,21+,22+,23+/m1/s1. The van der Waals surface area contributed by atoms with E-state index in [0.29, 0.717) is 6.42 Å². The Morgan fingerprint density at radius 3 is 1.88 bits per heavy atom. The summed E-state index contributed by atoms with van der Waals surface area (Å²) in [5.41, 5.74) is -0.559. The van der Waals surface area contributed by atoms with Crippen molar-refractivity contribution in [2.75, 3.05) is 21.2 Å². The number of nitrogens with zero attached hydrogens (tertiary/aromatic N) is 1. The van der Waals surface area contributed by atoms with Crippen molar-refractivity contribution in [2.24, 2.45) is 17.8 Å². The minimum atomic E-state index is -0.692. The van der Waals surface area contributed by atoms with Crippen LogP contribution in [0.1, 0.15) is 81.6 Å². The van der Waals surface area contributed by atoms with Gasteiger partial charge in [0.2, 0.25) is 11.8 Å². The van der Waals surface area contributed by atoms with Gasteiger partial charge < -0.3 is 25.0 Å². The molecular formula is C26H51N3O5. The van der Waals surface area contributed by atoms with Crippen LogP contribution in [0.2, 0.25) is 0 Å². The first-order valence-electron chi connectivity index (χ1n) is 12.7. The van der Waals surface area contributed by atoms with Crippen LogP contribution >= 0.6 is 0 Å². The molecule has 34 heavy (non-hydrogen) atoms. The monoisotopic (exact) mass is 485 g/mol. The molecule has 0 heterocycles. The van der Waals surface area contributed by atoms with E-state index < -0.39 is 23.8 Å². The summed E-state index contributed by atoms with van der Waals surface area (Å²) in [5, 5.41) is 5.98. The van der Waals surface area contributed by atoms with Gasteiger partial charge in [0.05, 0.1) is 24.6 Å². The predicted octanol–water partition coefficient (Wildman–Crippen LogP) is 3.38. The normalized spacial score (nSPS) is 16.5. The average molecular weight is 486 g/mol. The zero-order valence-electron chi connectivity index (χ0n) is 23.7. The quantitative estimate of drug-likeness (QED) is 0.345. The molecule has 0 saturated heterocycles. The Kier molecular flexibility index (Phi) is 13.9. The van der Waals surface area contributed by atoms with E-state index in [0.717, 1.165) is 6.42 Å². The molecule has 8 nitrogen and oxygen atoms in total. The molecule has 0 fully saturated rings. The van der Waals surface area contributed by atoms with Crippen LogP contribution < -0.4 is 10.6 Å². The fourth-order valence-corrected chi connectivity index (χ4v) is 4.06. The number of ether oxygens (including phenoxy) is 2. The number of methoxy groups -OCH3 is 1. The second kappa shape index (κ2) is 14.7. The number of hydrogen-bond donors (Lipinski definition) is 2. The molecule has 0 aliphatic heterocycles. The van der Waals surface area contributed by atoms with Gasteiger partial charge in [0.1, 0.15) is 11.6 Å². The lowest BCUT2D eigenvalue weighted by molar-refractivity contribution is -0.162. The number of nitrogens with one attached hydrogen (secondary N) is 2. The van der Waals surface area contributed by atoms with E-state index in [2.05, 4.69) is 10.6 Å². The van der Waals surface area contributed by atoms with E-state index >= 15 is 0 Å². The molecular weight excluding hydrogens is 434 g/mol. The van der Waals surface area contributed by atoms with E-state index in [9.17, 15) is 14.4 Å². The van der Waals surface area contributed by atoms with Crippen LogP contribution in [0.15, 0.2) is 0 Å². The molecule has 2 amide bonds. The fourth-order valence-electron chi connectivity index (χ4n) is 4.06. The molecule has 0 saturated carbocycles. The third-order valence-corrected chi connectivity index (χ3v) is 6.81. The summed E-state index contributed by atoms with van der Waals surface area (Å²) in [5.74, 6) is -0.721. The van der Waals surface area contributed by atoms with Gasteiger partial charge in [-0.2, -0.15) is 0 Å². The van der Waals surface area contributed by atoms with Crippen molar-refractivity contribution in [3.63, 3.8) is 0 Å². The third-order valence-electron chi connectivity index (χ3n) is 6.81. The van der Waals surface area contributed by atoms with Crippen molar-refractivity contribution in [1.29, 1.82) is 0 Å². The molecule has 2 N–H and O–H groups in total. The number of rotatable bonds is 15. The van der Waals surface area contributed by atoms with Gasteiger partial charge in [0, 0.05) is 14.2 Å². The highest BCUT2D eigenvalue weighted by atomic mass is 16.6. The summed E-state index contributed by atoms with van der Waals surface area (Å²) in [6.45, 7) is 17.5. The molecule has 0 radical (unpaired) electrons. The van der Waals surface area contributed by atoms with Crippen molar-refractivity contribution in [1.82, 2.24) is 15.5 Å². The molecule has 0 aromatic heterocycles. The maximum Gasteiger partial charge on any atom is 0.309 e. The fraction of sp³-hybridized carbons (Fsp3) is 0.885. The van der Waals surface area contributed by atoms with Gasteiger partial charge in [0.25, 0.3) is 0 Å². The molecule has 0 aliphatic rings. The molecule has 5 atom stereocenters. The summed E-state index contributed by atoms with van der Waals surface area (Å²) >= 11 is 0. The second-order valence-corrected chi connectivity index (χ2v) is 10.6. The van der Waals surface area contributed by atoms with E-state index in [1.165, 1.54) is 0 Å². The lowest BCUT2D eigenvalue weighted by Gasteiger charge is -2.40. The van der Waals surface area contributed by atoms with Crippen LogP contribution in [-0.2, 0) is 23.9 Å². The molecule has 0 spiro atoms. The zero-order valence-corrected chi connectivity index (χ0v) is 23.7. The van der Waals surface area contributed by atoms with Crippen molar-refractivity contribution < 1.29 is 23.9 Å². The number of hydrogen-bond acceptors (Lipinski definition) is 6. The first kappa shape index (κ1) is 32.3. The van der Waals surface area contributed by atoms with E-state index in [1.54, 1.807) is 26.1 Å². The molecule has 0 aliphatic carbocycles. The maximum atomic E-state index is 13.7. The summed E-state index contributed by atoms with van der Waals surface area (Å²) in [6.07, 6.45) is 1.00. The smallest absolute Gasteiger partial charge is 0.309 e. The molecule has 0 bridgehead atoms. The molecule has 0 aromatic carbocycles. The van der Waals surface area contributed by atoms with Crippen molar-refractivity contribution >= 4 is 17.8 Å². The minimum absolute atomic E-state index is 0.0421. The first-order chi connectivity index (χ1) is 15.7. The number of likely N-dealkylation sites (N-methyl/N-ethyl adjacent to an activating group) is 2. The molecule has 8 heteroatoms. The Morgan fingerprint density at radius 2 is 1.50 bits per heavy atom. The summed E-state index contributed by atoms with van der Waals surface area (Å²) in [7, 11) is 5.02. The molecule has 1 unspecified atom stereocenters. The van der Waals surface area contributed by atoms with Gasteiger partial charge in [-0.1, -0.05) is 54.9 Å². The summed E-state index contributed by atoms with van der Waals surface area (Å²) in [6, 6.07) is -1.45. The zero-order chi connectivity index (χ0) is 26.8. The lowest BCUT2D eigenvalue weighted by atomic mass is 9.90. The van der Waals surface area contributed by atoms with Gasteiger partial charge >= 0.3 is 5.97 Å².